The lowest BCUT2D eigenvalue weighted by Gasteiger charge is -2.14. The maximum atomic E-state index is 6.68. The van der Waals surface area contributed by atoms with E-state index in [1.165, 1.54) is 16.2 Å². The standard InChI is InChI=1S/C37H22N2O/c1-2-10-23(11-3-1)29-22-25-13-5-8-16-30(25)38-37(29)39-31-17-9-7-15-27(31)35-32(39)20-19-28-34-26-14-6-4-12-24(26)18-21-33(34)40-36(28)35/h1-22H. The Morgan fingerprint density at radius 2 is 1.27 bits per heavy atom. The lowest BCUT2D eigenvalue weighted by molar-refractivity contribution is 0.673. The number of nitrogens with zero attached hydrogens (tertiary/aromatic N) is 2. The summed E-state index contributed by atoms with van der Waals surface area (Å²) in [6.45, 7) is 0. The smallest absolute Gasteiger partial charge is 0.146 e. The van der Waals surface area contributed by atoms with Crippen LogP contribution in [0.4, 0.5) is 0 Å². The van der Waals surface area contributed by atoms with Gasteiger partial charge in [0.25, 0.3) is 0 Å². The van der Waals surface area contributed by atoms with Gasteiger partial charge >= 0.3 is 0 Å². The minimum atomic E-state index is 0.909. The Balaban J connectivity index is 1.46. The molecular weight excluding hydrogens is 488 g/mol. The zero-order chi connectivity index (χ0) is 26.2. The third kappa shape index (κ3) is 2.92. The molecule has 0 fully saturated rings. The normalized spacial score (nSPS) is 12.0. The van der Waals surface area contributed by atoms with Crippen molar-refractivity contribution in [2.75, 3.05) is 0 Å². The fourth-order valence-corrected chi connectivity index (χ4v) is 6.39. The first-order chi connectivity index (χ1) is 19.8. The molecule has 0 bridgehead atoms. The summed E-state index contributed by atoms with van der Waals surface area (Å²) in [6, 6.07) is 47.0. The van der Waals surface area contributed by atoms with Crippen LogP contribution in [0.3, 0.4) is 0 Å². The minimum absolute atomic E-state index is 0.909. The van der Waals surface area contributed by atoms with Crippen LogP contribution in [0.1, 0.15) is 0 Å². The summed E-state index contributed by atoms with van der Waals surface area (Å²) in [5, 5.41) is 8.12. The molecule has 0 saturated heterocycles. The fraction of sp³-hybridized carbons (Fsp3) is 0. The average molecular weight is 511 g/mol. The van der Waals surface area contributed by atoms with Gasteiger partial charge in [0, 0.05) is 27.1 Å². The molecule has 0 unspecified atom stereocenters. The van der Waals surface area contributed by atoms with Gasteiger partial charge in [0.1, 0.15) is 17.0 Å². The third-order valence-corrected chi connectivity index (χ3v) is 8.16. The van der Waals surface area contributed by atoms with Crippen molar-refractivity contribution in [1.29, 1.82) is 0 Å². The molecule has 0 aliphatic carbocycles. The van der Waals surface area contributed by atoms with Crippen LogP contribution in [0.2, 0.25) is 0 Å². The molecule has 0 atom stereocenters. The van der Waals surface area contributed by atoms with Gasteiger partial charge < -0.3 is 4.42 Å². The Labute approximate surface area is 229 Å². The summed E-state index contributed by atoms with van der Waals surface area (Å²) in [7, 11) is 0. The zero-order valence-corrected chi connectivity index (χ0v) is 21.5. The minimum Gasteiger partial charge on any atom is -0.455 e. The van der Waals surface area contributed by atoms with E-state index >= 15 is 0 Å². The van der Waals surface area contributed by atoms with E-state index in [0.717, 1.165) is 66.2 Å². The maximum absolute atomic E-state index is 6.68. The summed E-state index contributed by atoms with van der Waals surface area (Å²) < 4.78 is 8.99. The predicted octanol–water partition coefficient (Wildman–Crippen LogP) is 10.1. The highest BCUT2D eigenvalue weighted by Gasteiger charge is 2.22. The summed E-state index contributed by atoms with van der Waals surface area (Å²) >= 11 is 0. The molecule has 9 rings (SSSR count). The quantitative estimate of drug-likeness (QED) is 0.232. The first-order valence-corrected chi connectivity index (χ1v) is 13.6. The molecule has 3 heterocycles. The second kappa shape index (κ2) is 8.05. The van der Waals surface area contributed by atoms with Crippen molar-refractivity contribution in [2.45, 2.75) is 0 Å². The number of furan rings is 1. The van der Waals surface area contributed by atoms with Gasteiger partial charge in [0.2, 0.25) is 0 Å². The highest BCUT2D eigenvalue weighted by molar-refractivity contribution is 6.27. The fourth-order valence-electron chi connectivity index (χ4n) is 6.39. The summed E-state index contributed by atoms with van der Waals surface area (Å²) in [5.41, 5.74) is 7.22. The molecule has 3 heteroatoms. The number of hydrogen-bond donors (Lipinski definition) is 0. The maximum Gasteiger partial charge on any atom is 0.146 e. The Hall–Kier alpha value is -5.41. The van der Waals surface area contributed by atoms with Crippen molar-refractivity contribution in [3.8, 4) is 16.9 Å². The first-order valence-electron chi connectivity index (χ1n) is 13.6. The summed E-state index contributed by atoms with van der Waals surface area (Å²) in [6.07, 6.45) is 0. The van der Waals surface area contributed by atoms with E-state index in [9.17, 15) is 0 Å². The van der Waals surface area contributed by atoms with E-state index in [4.69, 9.17) is 9.40 Å². The van der Waals surface area contributed by atoms with E-state index in [1.807, 2.05) is 0 Å². The van der Waals surface area contributed by atoms with E-state index in [0.29, 0.717) is 0 Å². The lowest BCUT2D eigenvalue weighted by atomic mass is 10.0. The van der Waals surface area contributed by atoms with Crippen molar-refractivity contribution in [3.63, 3.8) is 0 Å². The van der Waals surface area contributed by atoms with E-state index in [-0.39, 0.29) is 0 Å². The SMILES string of the molecule is c1ccc(-c2cc3ccccc3nc2-n2c3ccccc3c3c4oc5ccc6ccccc6c5c4ccc32)cc1. The van der Waals surface area contributed by atoms with Crippen LogP contribution in [0, 0.1) is 0 Å². The molecule has 0 aliphatic rings. The largest absolute Gasteiger partial charge is 0.455 e. The van der Waals surface area contributed by atoms with Crippen LogP contribution in [0.25, 0.3) is 82.4 Å². The molecular formula is C37H22N2O. The van der Waals surface area contributed by atoms with Crippen molar-refractivity contribution in [1.82, 2.24) is 9.55 Å². The molecule has 0 amide bonds. The summed E-state index contributed by atoms with van der Waals surface area (Å²) in [4.78, 5) is 5.29. The lowest BCUT2D eigenvalue weighted by Crippen LogP contribution is -2.01. The topological polar surface area (TPSA) is 31.0 Å². The zero-order valence-electron chi connectivity index (χ0n) is 21.5. The first kappa shape index (κ1) is 21.5. The number of fused-ring (bicyclic) bond motifs is 10. The Bertz CT molecular complexity index is 2430. The van der Waals surface area contributed by atoms with E-state index in [2.05, 4.69) is 138 Å². The van der Waals surface area contributed by atoms with Crippen LogP contribution in [-0.2, 0) is 0 Å². The van der Waals surface area contributed by atoms with Crippen LogP contribution in [0.5, 0.6) is 0 Å². The van der Waals surface area contributed by atoms with E-state index in [1.54, 1.807) is 0 Å². The third-order valence-electron chi connectivity index (χ3n) is 8.16. The van der Waals surface area contributed by atoms with Gasteiger partial charge in [-0.3, -0.25) is 4.57 Å². The number of hydrogen-bond acceptors (Lipinski definition) is 2. The predicted molar refractivity (Wildman–Crippen MR) is 166 cm³/mol. The number of rotatable bonds is 2. The molecule has 6 aromatic carbocycles. The molecule has 0 spiro atoms. The highest BCUT2D eigenvalue weighted by atomic mass is 16.3. The molecule has 186 valence electrons. The number of benzene rings is 6. The van der Waals surface area contributed by atoms with Crippen molar-refractivity contribution in [2.24, 2.45) is 0 Å². The Kier molecular flexibility index (Phi) is 4.33. The van der Waals surface area contributed by atoms with Gasteiger partial charge in [-0.2, -0.15) is 0 Å². The van der Waals surface area contributed by atoms with E-state index < -0.39 is 0 Å². The second-order valence-corrected chi connectivity index (χ2v) is 10.4. The Morgan fingerprint density at radius 3 is 2.17 bits per heavy atom. The molecule has 3 aromatic heterocycles. The van der Waals surface area contributed by atoms with Gasteiger partial charge in [0.05, 0.1) is 21.9 Å². The van der Waals surface area contributed by atoms with Crippen LogP contribution < -0.4 is 0 Å². The molecule has 0 N–H and O–H groups in total. The van der Waals surface area contributed by atoms with Gasteiger partial charge in [-0.05, 0) is 52.7 Å². The van der Waals surface area contributed by atoms with Gasteiger partial charge in [-0.1, -0.05) is 97.1 Å². The van der Waals surface area contributed by atoms with Gasteiger partial charge in [-0.15, -0.1) is 0 Å². The second-order valence-electron chi connectivity index (χ2n) is 10.4. The van der Waals surface area contributed by atoms with Gasteiger partial charge in [-0.25, -0.2) is 4.98 Å². The number of para-hydroxylation sites is 2. The molecule has 3 nitrogen and oxygen atoms in total. The monoisotopic (exact) mass is 510 g/mol. The molecule has 0 radical (unpaired) electrons. The van der Waals surface area contributed by atoms with Crippen LogP contribution in [0.15, 0.2) is 138 Å². The van der Waals surface area contributed by atoms with Crippen LogP contribution >= 0.6 is 0 Å². The number of pyridine rings is 1. The van der Waals surface area contributed by atoms with Crippen molar-refractivity contribution < 1.29 is 4.42 Å². The number of aromatic nitrogens is 2. The molecule has 0 aliphatic heterocycles. The molecule has 40 heavy (non-hydrogen) atoms. The summed E-state index contributed by atoms with van der Waals surface area (Å²) in [5.74, 6) is 0.914. The molecule has 0 saturated carbocycles. The molecule has 9 aromatic rings. The van der Waals surface area contributed by atoms with Gasteiger partial charge in [0.15, 0.2) is 0 Å². The highest BCUT2D eigenvalue weighted by Crippen LogP contribution is 2.43. The van der Waals surface area contributed by atoms with Crippen LogP contribution in [-0.4, -0.2) is 9.55 Å². The van der Waals surface area contributed by atoms with Crippen molar-refractivity contribution >= 4 is 65.4 Å². The van der Waals surface area contributed by atoms with Crippen molar-refractivity contribution in [3.05, 3.63) is 133 Å². The average Bonchev–Trinajstić information content (AvgIpc) is 3.57. The Morgan fingerprint density at radius 1 is 0.525 bits per heavy atom.